The first kappa shape index (κ1) is 13.1. The first-order chi connectivity index (χ1) is 8.09. The minimum atomic E-state index is 0.0429. The molecule has 2 N–H and O–H groups in total. The smallest absolute Gasteiger partial charge is 0.255 e. The zero-order chi connectivity index (χ0) is 12.4. The molecule has 0 saturated carbocycles. The van der Waals surface area contributed by atoms with Gasteiger partial charge in [-0.05, 0) is 48.2 Å². The highest BCUT2D eigenvalue weighted by molar-refractivity contribution is 9.11. The van der Waals surface area contributed by atoms with Crippen molar-refractivity contribution < 1.29 is 4.79 Å². The summed E-state index contributed by atoms with van der Waals surface area (Å²) in [6, 6.07) is 2.12. The molecule has 94 valence electrons. The molecule has 0 radical (unpaired) electrons. The molecule has 1 aromatic rings. The summed E-state index contributed by atoms with van der Waals surface area (Å²) in [6.07, 6.45) is 3.28. The minimum Gasteiger partial charge on any atom is -0.334 e. The molecule has 1 saturated heterocycles. The molecule has 2 unspecified atom stereocenters. The molecule has 1 fully saturated rings. The molecular weight excluding hydrogens is 300 g/mol. The monoisotopic (exact) mass is 316 g/mol. The standard InChI is InChI=1S/C12H17BrN2OS/c1-8(14)10-4-2-3-5-15(10)12(16)9-6-11(13)17-7-9/h6-8,10H,2-5,14H2,1H3. The third-order valence-corrected chi connectivity index (χ3v) is 4.74. The van der Waals surface area contributed by atoms with E-state index in [2.05, 4.69) is 15.9 Å². The van der Waals surface area contributed by atoms with Gasteiger partial charge in [0.15, 0.2) is 0 Å². The highest BCUT2D eigenvalue weighted by Crippen LogP contribution is 2.25. The lowest BCUT2D eigenvalue weighted by Gasteiger charge is -2.37. The second-order valence-corrected chi connectivity index (χ2v) is 6.85. The Hall–Kier alpha value is -0.390. The Labute approximate surface area is 114 Å². The molecule has 1 amide bonds. The van der Waals surface area contributed by atoms with Gasteiger partial charge >= 0.3 is 0 Å². The number of carbonyl (C=O) groups excluding carboxylic acids is 1. The molecule has 1 aliphatic heterocycles. The van der Waals surface area contributed by atoms with E-state index in [0.29, 0.717) is 0 Å². The molecule has 2 heterocycles. The van der Waals surface area contributed by atoms with Crippen LogP contribution in [0.4, 0.5) is 0 Å². The lowest BCUT2D eigenvalue weighted by Crippen LogP contribution is -2.51. The Morgan fingerprint density at radius 3 is 3.00 bits per heavy atom. The molecule has 0 aromatic carbocycles. The van der Waals surface area contributed by atoms with Crippen LogP contribution in [-0.4, -0.2) is 29.4 Å². The Kier molecular flexibility index (Phi) is 4.22. The average molecular weight is 317 g/mol. The lowest BCUT2D eigenvalue weighted by molar-refractivity contribution is 0.0584. The molecule has 5 heteroatoms. The van der Waals surface area contributed by atoms with Gasteiger partial charge in [0.2, 0.25) is 0 Å². The zero-order valence-corrected chi connectivity index (χ0v) is 12.3. The van der Waals surface area contributed by atoms with E-state index in [1.165, 1.54) is 6.42 Å². The molecule has 0 aliphatic carbocycles. The molecular formula is C12H17BrN2OS. The summed E-state index contributed by atoms with van der Waals surface area (Å²) >= 11 is 4.94. The number of carbonyl (C=O) groups is 1. The van der Waals surface area contributed by atoms with Crippen LogP contribution in [0.15, 0.2) is 15.2 Å². The Morgan fingerprint density at radius 2 is 2.41 bits per heavy atom. The van der Waals surface area contributed by atoms with E-state index >= 15 is 0 Å². The lowest BCUT2D eigenvalue weighted by atomic mass is 9.96. The van der Waals surface area contributed by atoms with Gasteiger partial charge in [-0.25, -0.2) is 0 Å². The van der Waals surface area contributed by atoms with Gasteiger partial charge in [-0.1, -0.05) is 0 Å². The number of thiophene rings is 1. The SMILES string of the molecule is CC(N)C1CCCCN1C(=O)c1csc(Br)c1. The summed E-state index contributed by atoms with van der Waals surface area (Å²) in [4.78, 5) is 14.3. The van der Waals surface area contributed by atoms with Gasteiger partial charge in [-0.2, -0.15) is 0 Å². The van der Waals surface area contributed by atoms with Gasteiger partial charge < -0.3 is 10.6 Å². The quantitative estimate of drug-likeness (QED) is 0.912. The number of likely N-dealkylation sites (tertiary alicyclic amines) is 1. The fraction of sp³-hybridized carbons (Fsp3) is 0.583. The number of nitrogens with two attached hydrogens (primary N) is 1. The van der Waals surface area contributed by atoms with Crippen LogP contribution in [0.25, 0.3) is 0 Å². The van der Waals surface area contributed by atoms with Gasteiger partial charge in [-0.3, -0.25) is 4.79 Å². The number of hydrogen-bond acceptors (Lipinski definition) is 3. The van der Waals surface area contributed by atoms with Crippen molar-refractivity contribution in [1.29, 1.82) is 0 Å². The third kappa shape index (κ3) is 2.89. The first-order valence-corrected chi connectivity index (χ1v) is 7.57. The van der Waals surface area contributed by atoms with Crippen LogP contribution in [-0.2, 0) is 0 Å². The third-order valence-electron chi connectivity index (χ3n) is 3.23. The van der Waals surface area contributed by atoms with Crippen LogP contribution in [0.1, 0.15) is 36.5 Å². The highest BCUT2D eigenvalue weighted by Gasteiger charge is 2.30. The van der Waals surface area contributed by atoms with Crippen LogP contribution in [0, 0.1) is 0 Å². The van der Waals surface area contributed by atoms with Crippen molar-refractivity contribution >= 4 is 33.2 Å². The Balaban J connectivity index is 2.16. The number of rotatable bonds is 2. The molecule has 0 bridgehead atoms. The van der Waals surface area contributed by atoms with Crippen LogP contribution in [0.3, 0.4) is 0 Å². The van der Waals surface area contributed by atoms with Crippen LogP contribution < -0.4 is 5.73 Å². The van der Waals surface area contributed by atoms with Gasteiger partial charge in [0.05, 0.1) is 9.35 Å². The topological polar surface area (TPSA) is 46.3 Å². The number of nitrogens with zero attached hydrogens (tertiary/aromatic N) is 1. The second kappa shape index (κ2) is 5.50. The fourth-order valence-electron chi connectivity index (χ4n) is 2.34. The second-order valence-electron chi connectivity index (χ2n) is 4.56. The summed E-state index contributed by atoms with van der Waals surface area (Å²) < 4.78 is 0.996. The average Bonchev–Trinajstić information content (AvgIpc) is 2.75. The highest BCUT2D eigenvalue weighted by atomic mass is 79.9. The molecule has 2 rings (SSSR count). The first-order valence-electron chi connectivity index (χ1n) is 5.90. The summed E-state index contributed by atoms with van der Waals surface area (Å²) in [5, 5.41) is 1.90. The predicted octanol–water partition coefficient (Wildman–Crippen LogP) is 2.85. The van der Waals surface area contributed by atoms with E-state index in [1.807, 2.05) is 23.3 Å². The van der Waals surface area contributed by atoms with Gasteiger partial charge in [-0.15, -0.1) is 11.3 Å². The molecule has 1 aromatic heterocycles. The van der Waals surface area contributed by atoms with Crippen molar-refractivity contribution in [3.8, 4) is 0 Å². The van der Waals surface area contributed by atoms with E-state index in [0.717, 1.165) is 28.7 Å². The summed E-state index contributed by atoms with van der Waals surface area (Å²) in [5.74, 6) is 0.119. The van der Waals surface area contributed by atoms with Gasteiger partial charge in [0.25, 0.3) is 5.91 Å². The number of piperidine rings is 1. The van der Waals surface area contributed by atoms with E-state index in [1.54, 1.807) is 11.3 Å². The molecule has 2 atom stereocenters. The van der Waals surface area contributed by atoms with Gasteiger partial charge in [0.1, 0.15) is 0 Å². The van der Waals surface area contributed by atoms with Crippen LogP contribution >= 0.6 is 27.3 Å². The van der Waals surface area contributed by atoms with Crippen molar-refractivity contribution in [1.82, 2.24) is 4.90 Å². The molecule has 17 heavy (non-hydrogen) atoms. The maximum absolute atomic E-state index is 12.4. The van der Waals surface area contributed by atoms with E-state index in [9.17, 15) is 4.79 Å². The van der Waals surface area contributed by atoms with Crippen molar-refractivity contribution in [2.75, 3.05) is 6.54 Å². The maximum Gasteiger partial charge on any atom is 0.255 e. The minimum absolute atomic E-state index is 0.0429. The largest absolute Gasteiger partial charge is 0.334 e. The van der Waals surface area contributed by atoms with Crippen molar-refractivity contribution in [2.45, 2.75) is 38.3 Å². The van der Waals surface area contributed by atoms with Crippen molar-refractivity contribution in [3.05, 3.63) is 20.8 Å². The summed E-state index contributed by atoms with van der Waals surface area (Å²) in [5.41, 5.74) is 6.75. The van der Waals surface area contributed by atoms with E-state index in [-0.39, 0.29) is 18.0 Å². The predicted molar refractivity (Wildman–Crippen MR) is 74.3 cm³/mol. The summed E-state index contributed by atoms with van der Waals surface area (Å²) in [7, 11) is 0. The van der Waals surface area contributed by atoms with Gasteiger partial charge in [0, 0.05) is 24.0 Å². The fourth-order valence-corrected chi connectivity index (χ4v) is 3.47. The number of hydrogen-bond donors (Lipinski definition) is 1. The normalized spacial score (nSPS) is 22.5. The van der Waals surface area contributed by atoms with Crippen LogP contribution in [0.2, 0.25) is 0 Å². The molecule has 1 aliphatic rings. The van der Waals surface area contributed by atoms with Crippen LogP contribution in [0.5, 0.6) is 0 Å². The number of amides is 1. The van der Waals surface area contributed by atoms with E-state index < -0.39 is 0 Å². The molecule has 0 spiro atoms. The van der Waals surface area contributed by atoms with Crippen molar-refractivity contribution in [3.63, 3.8) is 0 Å². The summed E-state index contributed by atoms with van der Waals surface area (Å²) in [6.45, 7) is 2.82. The maximum atomic E-state index is 12.4. The van der Waals surface area contributed by atoms with E-state index in [4.69, 9.17) is 5.73 Å². The number of halogens is 1. The van der Waals surface area contributed by atoms with Crippen molar-refractivity contribution in [2.24, 2.45) is 5.73 Å². The Bertz CT molecular complexity index is 405. The Morgan fingerprint density at radius 1 is 1.65 bits per heavy atom. The zero-order valence-electron chi connectivity index (χ0n) is 9.86. The molecule has 3 nitrogen and oxygen atoms in total.